The maximum Gasteiger partial charge on any atom is 0.264 e. The van der Waals surface area contributed by atoms with Crippen molar-refractivity contribution in [3.05, 3.63) is 87.9 Å². The zero-order valence-electron chi connectivity index (χ0n) is 24.4. The first-order valence-electron chi connectivity index (χ1n) is 13.7. The number of aryl methyl sites for hydroxylation is 1. The third-order valence-corrected chi connectivity index (χ3v) is 9.22. The molecule has 1 N–H and O–H groups in total. The second kappa shape index (κ2) is 14.8. The minimum atomic E-state index is -4.20. The second-order valence-corrected chi connectivity index (χ2v) is 12.7. The highest BCUT2D eigenvalue weighted by atomic mass is 35.5. The summed E-state index contributed by atoms with van der Waals surface area (Å²) < 4.78 is 34.5. The van der Waals surface area contributed by atoms with Gasteiger partial charge in [0.05, 0.1) is 17.2 Å². The van der Waals surface area contributed by atoms with Crippen molar-refractivity contribution >= 4 is 50.7 Å². The molecule has 0 aromatic heterocycles. The van der Waals surface area contributed by atoms with Crippen LogP contribution < -0.4 is 14.4 Å². The highest BCUT2D eigenvalue weighted by Gasteiger charge is 2.33. The number of hydrogen-bond donors (Lipinski definition) is 1. The topological polar surface area (TPSA) is 96.0 Å². The number of sulfonamides is 1. The van der Waals surface area contributed by atoms with Gasteiger partial charge in [0, 0.05) is 22.6 Å². The van der Waals surface area contributed by atoms with Crippen molar-refractivity contribution in [2.75, 3.05) is 17.5 Å². The van der Waals surface area contributed by atoms with E-state index in [0.29, 0.717) is 40.1 Å². The van der Waals surface area contributed by atoms with Crippen molar-refractivity contribution in [3.8, 4) is 5.75 Å². The van der Waals surface area contributed by atoms with Crippen LogP contribution in [0.5, 0.6) is 5.75 Å². The van der Waals surface area contributed by atoms with Crippen LogP contribution in [-0.4, -0.2) is 50.4 Å². The fourth-order valence-corrected chi connectivity index (χ4v) is 6.01. The summed E-state index contributed by atoms with van der Waals surface area (Å²) >= 11 is 12.5. The molecule has 2 atom stereocenters. The van der Waals surface area contributed by atoms with Gasteiger partial charge in [0.2, 0.25) is 11.8 Å². The largest absolute Gasteiger partial charge is 0.494 e. The SMILES string of the molecule is CCOc1ccc(S(=O)(=O)N(CC(=O)N(Cc2ccc(Cl)cc2Cl)[C@H](C)C(=O)N[C@@H](C)CC)c2ccc(C)cc2)cc1. The first-order valence-corrected chi connectivity index (χ1v) is 15.9. The maximum atomic E-state index is 14.0. The summed E-state index contributed by atoms with van der Waals surface area (Å²) in [5.74, 6) is -0.413. The zero-order valence-corrected chi connectivity index (χ0v) is 26.8. The number of anilines is 1. The number of carbonyl (C=O) groups excluding carboxylic acids is 2. The molecule has 0 radical (unpaired) electrons. The van der Waals surface area contributed by atoms with Crippen LogP contribution in [0.2, 0.25) is 10.0 Å². The normalized spacial score (nSPS) is 12.7. The third kappa shape index (κ3) is 8.40. The molecular weight excluding hydrogens is 597 g/mol. The first-order chi connectivity index (χ1) is 19.9. The van der Waals surface area contributed by atoms with Crippen molar-refractivity contribution in [2.45, 2.75) is 64.6 Å². The molecule has 0 unspecified atom stereocenters. The van der Waals surface area contributed by atoms with Crippen LogP contribution in [0, 0.1) is 6.92 Å². The summed E-state index contributed by atoms with van der Waals surface area (Å²) in [5, 5.41) is 3.66. The Morgan fingerprint density at radius 2 is 1.60 bits per heavy atom. The van der Waals surface area contributed by atoms with E-state index in [1.54, 1.807) is 61.5 Å². The van der Waals surface area contributed by atoms with E-state index in [4.69, 9.17) is 27.9 Å². The minimum absolute atomic E-state index is 0.00538. The molecule has 0 fully saturated rings. The van der Waals surface area contributed by atoms with Crippen LogP contribution >= 0.6 is 23.2 Å². The summed E-state index contributed by atoms with van der Waals surface area (Å²) in [5.41, 5.74) is 1.80. The Hall–Kier alpha value is -3.27. The molecule has 0 aliphatic carbocycles. The number of hydrogen-bond acceptors (Lipinski definition) is 5. The molecule has 0 saturated heterocycles. The number of rotatable bonds is 13. The van der Waals surface area contributed by atoms with E-state index in [1.807, 2.05) is 27.7 Å². The average molecular weight is 635 g/mol. The highest BCUT2D eigenvalue weighted by Crippen LogP contribution is 2.27. The zero-order chi connectivity index (χ0) is 31.0. The molecule has 11 heteroatoms. The Balaban J connectivity index is 2.04. The second-order valence-electron chi connectivity index (χ2n) is 10.0. The number of carbonyl (C=O) groups is 2. The molecule has 0 spiro atoms. The number of halogens is 2. The van der Waals surface area contributed by atoms with E-state index in [9.17, 15) is 18.0 Å². The molecule has 0 saturated carbocycles. The summed E-state index contributed by atoms with van der Waals surface area (Å²) in [7, 11) is -4.20. The number of nitrogens with zero attached hydrogens (tertiary/aromatic N) is 2. The van der Waals surface area contributed by atoms with E-state index in [2.05, 4.69) is 5.32 Å². The Morgan fingerprint density at radius 3 is 2.17 bits per heavy atom. The van der Waals surface area contributed by atoms with Gasteiger partial charge < -0.3 is 15.0 Å². The first kappa shape index (κ1) is 33.2. The average Bonchev–Trinajstić information content (AvgIpc) is 2.96. The predicted molar refractivity (Wildman–Crippen MR) is 168 cm³/mol. The monoisotopic (exact) mass is 633 g/mol. The van der Waals surface area contributed by atoms with Gasteiger partial charge in [-0.3, -0.25) is 13.9 Å². The molecule has 8 nitrogen and oxygen atoms in total. The summed E-state index contributed by atoms with van der Waals surface area (Å²) in [6, 6.07) is 16.7. The van der Waals surface area contributed by atoms with Gasteiger partial charge in [-0.2, -0.15) is 0 Å². The van der Waals surface area contributed by atoms with Gasteiger partial charge in [-0.15, -0.1) is 0 Å². The van der Waals surface area contributed by atoms with Crippen LogP contribution in [0.25, 0.3) is 0 Å². The van der Waals surface area contributed by atoms with Gasteiger partial charge in [0.25, 0.3) is 10.0 Å². The van der Waals surface area contributed by atoms with Gasteiger partial charge in [0.1, 0.15) is 18.3 Å². The van der Waals surface area contributed by atoms with Gasteiger partial charge in [-0.1, -0.05) is 53.9 Å². The van der Waals surface area contributed by atoms with E-state index in [0.717, 1.165) is 9.87 Å². The molecular formula is C31H37Cl2N3O5S. The molecule has 3 aromatic rings. The Bertz CT molecular complexity index is 1480. The van der Waals surface area contributed by atoms with Crippen molar-refractivity contribution in [1.29, 1.82) is 0 Å². The lowest BCUT2D eigenvalue weighted by Gasteiger charge is -2.32. The van der Waals surface area contributed by atoms with Crippen LogP contribution in [-0.2, 0) is 26.2 Å². The molecule has 42 heavy (non-hydrogen) atoms. The standard InChI is InChI=1S/C31H37Cl2N3O5S/c1-6-22(4)34-31(38)23(5)35(19-24-10-11-25(32)18-29(24)33)30(37)20-36(26-12-8-21(3)9-13-26)42(39,40)28-16-14-27(15-17-28)41-7-2/h8-18,22-23H,6-7,19-20H2,1-5H3,(H,34,38)/t22-,23+/m0/s1. The number of amides is 2. The molecule has 0 bridgehead atoms. The Morgan fingerprint density at radius 1 is 0.952 bits per heavy atom. The Kier molecular flexibility index (Phi) is 11.7. The summed E-state index contributed by atoms with van der Waals surface area (Å²) in [6.07, 6.45) is 0.705. The summed E-state index contributed by atoms with van der Waals surface area (Å²) in [6.45, 7) is 8.99. The molecule has 3 aromatic carbocycles. The van der Waals surface area contributed by atoms with Gasteiger partial charge >= 0.3 is 0 Å². The van der Waals surface area contributed by atoms with Crippen molar-refractivity contribution in [2.24, 2.45) is 0 Å². The molecule has 3 rings (SSSR count). The summed E-state index contributed by atoms with van der Waals surface area (Å²) in [4.78, 5) is 28.6. The number of benzene rings is 3. The van der Waals surface area contributed by atoms with Gasteiger partial charge in [-0.05, 0) is 88.2 Å². The van der Waals surface area contributed by atoms with Gasteiger partial charge in [0.15, 0.2) is 0 Å². The molecule has 0 aliphatic heterocycles. The van der Waals surface area contributed by atoms with Crippen LogP contribution in [0.15, 0.2) is 71.6 Å². The molecule has 226 valence electrons. The van der Waals surface area contributed by atoms with Crippen molar-refractivity contribution < 1.29 is 22.7 Å². The minimum Gasteiger partial charge on any atom is -0.494 e. The van der Waals surface area contributed by atoms with E-state index < -0.39 is 28.5 Å². The van der Waals surface area contributed by atoms with E-state index in [1.165, 1.54) is 17.0 Å². The van der Waals surface area contributed by atoms with Crippen molar-refractivity contribution in [1.82, 2.24) is 10.2 Å². The number of nitrogens with one attached hydrogen (secondary N) is 1. The van der Waals surface area contributed by atoms with Crippen LogP contribution in [0.3, 0.4) is 0 Å². The maximum absolute atomic E-state index is 14.0. The smallest absolute Gasteiger partial charge is 0.264 e. The van der Waals surface area contributed by atoms with Crippen LogP contribution in [0.1, 0.15) is 45.2 Å². The fourth-order valence-electron chi connectivity index (χ4n) is 4.12. The lowest BCUT2D eigenvalue weighted by molar-refractivity contribution is -0.139. The lowest BCUT2D eigenvalue weighted by atomic mass is 10.1. The van der Waals surface area contributed by atoms with Gasteiger partial charge in [-0.25, -0.2) is 8.42 Å². The van der Waals surface area contributed by atoms with E-state index in [-0.39, 0.29) is 23.4 Å². The third-order valence-electron chi connectivity index (χ3n) is 6.85. The predicted octanol–water partition coefficient (Wildman–Crippen LogP) is 6.23. The fraction of sp³-hybridized carbons (Fsp3) is 0.355. The Labute approximate surface area is 258 Å². The molecule has 0 aliphatic rings. The number of ether oxygens (including phenoxy) is 1. The molecule has 0 heterocycles. The lowest BCUT2D eigenvalue weighted by Crippen LogP contribution is -2.52. The molecule has 2 amide bonds. The van der Waals surface area contributed by atoms with Crippen molar-refractivity contribution in [3.63, 3.8) is 0 Å². The quantitative estimate of drug-likeness (QED) is 0.241. The van der Waals surface area contributed by atoms with E-state index >= 15 is 0 Å². The van der Waals surface area contributed by atoms with Crippen LogP contribution in [0.4, 0.5) is 5.69 Å². The highest BCUT2D eigenvalue weighted by molar-refractivity contribution is 7.92.